The molecule has 1 heterocycles. The fourth-order valence-electron chi connectivity index (χ4n) is 2.76. The lowest BCUT2D eigenvalue weighted by Gasteiger charge is -2.31. The van der Waals surface area contributed by atoms with Crippen LogP contribution in [0.15, 0.2) is 48.5 Å². The van der Waals surface area contributed by atoms with E-state index in [0.717, 1.165) is 24.2 Å². The summed E-state index contributed by atoms with van der Waals surface area (Å²) in [6, 6.07) is 12.8. The van der Waals surface area contributed by atoms with Crippen molar-refractivity contribution in [3.63, 3.8) is 0 Å². The third-order valence-electron chi connectivity index (χ3n) is 3.79. The van der Waals surface area contributed by atoms with Crippen molar-refractivity contribution in [3.05, 3.63) is 71.3 Å². The first kappa shape index (κ1) is 14.2. The van der Waals surface area contributed by atoms with Crippen LogP contribution in [0.4, 0.5) is 8.78 Å². The Kier molecular flexibility index (Phi) is 4.27. The summed E-state index contributed by atoms with van der Waals surface area (Å²) in [5, 5.41) is 3.30. The summed E-state index contributed by atoms with van der Waals surface area (Å²) in [5.74, 6) is -0.572. The van der Waals surface area contributed by atoms with Gasteiger partial charge in [0.25, 0.3) is 0 Å². The van der Waals surface area contributed by atoms with Gasteiger partial charge in [0, 0.05) is 19.0 Å². The fraction of sp³-hybridized carbons (Fsp3) is 0.294. The van der Waals surface area contributed by atoms with Gasteiger partial charge in [0.05, 0.1) is 12.7 Å². The van der Waals surface area contributed by atoms with Crippen LogP contribution in [0.1, 0.15) is 17.0 Å². The standard InChI is InChI=1S/C17H17F2NO/c18-14-5-1-12(2-6-14)17(16-11-20-9-10-21-16)13-3-7-15(19)8-4-13/h1-8,16-17,20H,9-11H2. The van der Waals surface area contributed by atoms with Crippen molar-refractivity contribution in [3.8, 4) is 0 Å². The lowest BCUT2D eigenvalue weighted by molar-refractivity contribution is 0.0186. The average Bonchev–Trinajstić information content (AvgIpc) is 2.52. The van der Waals surface area contributed by atoms with E-state index in [0.29, 0.717) is 6.61 Å². The maximum Gasteiger partial charge on any atom is 0.123 e. The highest BCUT2D eigenvalue weighted by atomic mass is 19.1. The number of hydrogen-bond donors (Lipinski definition) is 1. The highest BCUT2D eigenvalue weighted by molar-refractivity contribution is 5.34. The Labute approximate surface area is 122 Å². The summed E-state index contributed by atoms with van der Waals surface area (Å²) in [4.78, 5) is 0. The molecule has 0 bridgehead atoms. The molecule has 21 heavy (non-hydrogen) atoms. The van der Waals surface area contributed by atoms with Crippen LogP contribution in [0.3, 0.4) is 0 Å². The highest BCUT2D eigenvalue weighted by Gasteiger charge is 2.27. The van der Waals surface area contributed by atoms with Crippen LogP contribution < -0.4 is 5.32 Å². The molecule has 1 unspecified atom stereocenters. The van der Waals surface area contributed by atoms with Gasteiger partial charge in [-0.15, -0.1) is 0 Å². The number of ether oxygens (including phenoxy) is 1. The van der Waals surface area contributed by atoms with Crippen molar-refractivity contribution in [2.75, 3.05) is 19.7 Å². The Morgan fingerprint density at radius 2 is 1.43 bits per heavy atom. The molecule has 3 rings (SSSR count). The fourth-order valence-corrected chi connectivity index (χ4v) is 2.76. The zero-order chi connectivity index (χ0) is 14.7. The molecule has 0 amide bonds. The Balaban J connectivity index is 1.97. The van der Waals surface area contributed by atoms with Crippen LogP contribution in [-0.2, 0) is 4.74 Å². The minimum absolute atomic E-state index is 0.0426. The van der Waals surface area contributed by atoms with Gasteiger partial charge < -0.3 is 10.1 Å². The zero-order valence-electron chi connectivity index (χ0n) is 11.6. The van der Waals surface area contributed by atoms with Gasteiger partial charge in [0.2, 0.25) is 0 Å². The summed E-state index contributed by atoms with van der Waals surface area (Å²) in [7, 11) is 0. The number of halogens is 2. The Hall–Kier alpha value is -1.78. The van der Waals surface area contributed by atoms with E-state index >= 15 is 0 Å². The van der Waals surface area contributed by atoms with Crippen molar-refractivity contribution in [1.29, 1.82) is 0 Å². The smallest absolute Gasteiger partial charge is 0.123 e. The van der Waals surface area contributed by atoms with Crippen LogP contribution in [0.2, 0.25) is 0 Å². The van der Waals surface area contributed by atoms with Gasteiger partial charge >= 0.3 is 0 Å². The van der Waals surface area contributed by atoms with E-state index in [9.17, 15) is 8.78 Å². The van der Waals surface area contributed by atoms with Gasteiger partial charge in [0.1, 0.15) is 11.6 Å². The molecule has 4 heteroatoms. The zero-order valence-corrected chi connectivity index (χ0v) is 11.6. The maximum absolute atomic E-state index is 13.2. The molecule has 1 atom stereocenters. The summed E-state index contributed by atoms with van der Waals surface area (Å²) < 4.78 is 32.2. The molecule has 1 saturated heterocycles. The molecule has 0 spiro atoms. The Bertz CT molecular complexity index is 531. The number of morpholine rings is 1. The van der Waals surface area contributed by atoms with Crippen molar-refractivity contribution in [1.82, 2.24) is 5.32 Å². The van der Waals surface area contributed by atoms with Gasteiger partial charge in [-0.05, 0) is 35.4 Å². The minimum Gasteiger partial charge on any atom is -0.375 e. The summed E-state index contributed by atoms with van der Waals surface area (Å²) >= 11 is 0. The van der Waals surface area contributed by atoms with Crippen LogP contribution in [0.5, 0.6) is 0 Å². The maximum atomic E-state index is 13.2. The van der Waals surface area contributed by atoms with E-state index < -0.39 is 0 Å². The van der Waals surface area contributed by atoms with Gasteiger partial charge in [0.15, 0.2) is 0 Å². The molecule has 1 aliphatic rings. The molecular formula is C17H17F2NO. The first-order chi connectivity index (χ1) is 10.2. The largest absolute Gasteiger partial charge is 0.375 e. The van der Waals surface area contributed by atoms with E-state index in [4.69, 9.17) is 4.74 Å². The molecule has 2 aromatic rings. The van der Waals surface area contributed by atoms with Crippen molar-refractivity contribution in [2.24, 2.45) is 0 Å². The normalized spacial score (nSPS) is 18.9. The van der Waals surface area contributed by atoms with Crippen molar-refractivity contribution < 1.29 is 13.5 Å². The molecule has 0 radical (unpaired) electrons. The molecule has 1 N–H and O–H groups in total. The first-order valence-electron chi connectivity index (χ1n) is 7.07. The molecule has 1 fully saturated rings. The van der Waals surface area contributed by atoms with E-state index in [2.05, 4.69) is 5.32 Å². The van der Waals surface area contributed by atoms with E-state index in [1.54, 1.807) is 24.3 Å². The van der Waals surface area contributed by atoms with Gasteiger partial charge in [-0.1, -0.05) is 24.3 Å². The predicted octanol–water partition coefficient (Wildman–Crippen LogP) is 3.09. The number of benzene rings is 2. The van der Waals surface area contributed by atoms with E-state index in [1.165, 1.54) is 24.3 Å². The number of rotatable bonds is 3. The lowest BCUT2D eigenvalue weighted by atomic mass is 9.86. The molecule has 0 saturated carbocycles. The second kappa shape index (κ2) is 6.33. The molecule has 0 aromatic heterocycles. The lowest BCUT2D eigenvalue weighted by Crippen LogP contribution is -2.42. The highest BCUT2D eigenvalue weighted by Crippen LogP contribution is 2.30. The van der Waals surface area contributed by atoms with Crippen LogP contribution >= 0.6 is 0 Å². The van der Waals surface area contributed by atoms with Crippen molar-refractivity contribution >= 4 is 0 Å². The topological polar surface area (TPSA) is 21.3 Å². The molecule has 0 aliphatic carbocycles. The monoisotopic (exact) mass is 289 g/mol. The minimum atomic E-state index is -0.265. The number of hydrogen-bond acceptors (Lipinski definition) is 2. The summed E-state index contributed by atoms with van der Waals surface area (Å²) in [6.45, 7) is 2.19. The van der Waals surface area contributed by atoms with E-state index in [1.807, 2.05) is 0 Å². The van der Waals surface area contributed by atoms with Crippen molar-refractivity contribution in [2.45, 2.75) is 12.0 Å². The molecular weight excluding hydrogens is 272 g/mol. The second-order valence-electron chi connectivity index (χ2n) is 5.19. The molecule has 2 aromatic carbocycles. The SMILES string of the molecule is Fc1ccc(C(c2ccc(F)cc2)C2CNCCO2)cc1. The second-order valence-corrected chi connectivity index (χ2v) is 5.19. The van der Waals surface area contributed by atoms with Crippen LogP contribution in [0, 0.1) is 11.6 Å². The molecule has 110 valence electrons. The Morgan fingerprint density at radius 3 is 1.86 bits per heavy atom. The molecule has 2 nitrogen and oxygen atoms in total. The molecule has 1 aliphatic heterocycles. The predicted molar refractivity (Wildman–Crippen MR) is 77.3 cm³/mol. The Morgan fingerprint density at radius 1 is 0.905 bits per heavy atom. The first-order valence-corrected chi connectivity index (χ1v) is 7.07. The summed E-state index contributed by atoms with van der Waals surface area (Å²) in [5.41, 5.74) is 1.94. The quantitative estimate of drug-likeness (QED) is 0.937. The third-order valence-corrected chi connectivity index (χ3v) is 3.79. The summed E-state index contributed by atoms with van der Waals surface area (Å²) in [6.07, 6.45) is -0.0466. The van der Waals surface area contributed by atoms with Gasteiger partial charge in [-0.25, -0.2) is 8.78 Å². The van der Waals surface area contributed by atoms with E-state index in [-0.39, 0.29) is 23.7 Å². The number of nitrogens with one attached hydrogen (secondary N) is 1. The van der Waals surface area contributed by atoms with Crippen LogP contribution in [0.25, 0.3) is 0 Å². The third kappa shape index (κ3) is 3.28. The van der Waals surface area contributed by atoms with Gasteiger partial charge in [-0.3, -0.25) is 0 Å². The average molecular weight is 289 g/mol. The van der Waals surface area contributed by atoms with Gasteiger partial charge in [-0.2, -0.15) is 0 Å². The van der Waals surface area contributed by atoms with Crippen LogP contribution in [-0.4, -0.2) is 25.8 Å².